The summed E-state index contributed by atoms with van der Waals surface area (Å²) < 4.78 is 12.8. The number of H-pyrrole nitrogens is 1. The number of nitrogens with zero attached hydrogens (tertiary/aromatic N) is 2. The second kappa shape index (κ2) is 5.08. The van der Waals surface area contributed by atoms with E-state index in [4.69, 9.17) is 0 Å². The third kappa shape index (κ3) is 2.49. The first-order valence-electron chi connectivity index (χ1n) is 6.05. The van der Waals surface area contributed by atoms with E-state index in [-0.39, 0.29) is 11.7 Å². The summed E-state index contributed by atoms with van der Waals surface area (Å²) in [6, 6.07) is 11.1. The molecular weight excluding hydrogens is 259 g/mol. The van der Waals surface area contributed by atoms with Gasteiger partial charge in [0, 0.05) is 12.1 Å². The molecule has 1 heterocycles. The predicted octanol–water partition coefficient (Wildman–Crippen LogP) is 2.03. The molecule has 1 aromatic heterocycles. The Bertz CT molecular complexity index is 751. The lowest BCUT2D eigenvalue weighted by Gasteiger charge is -2.05. The van der Waals surface area contributed by atoms with Gasteiger partial charge < -0.3 is 5.32 Å². The first kappa shape index (κ1) is 12.3. The van der Waals surface area contributed by atoms with Crippen molar-refractivity contribution in [2.75, 3.05) is 0 Å². The van der Waals surface area contributed by atoms with Gasteiger partial charge in [0.1, 0.15) is 16.9 Å². The largest absolute Gasteiger partial charge is 0.348 e. The zero-order chi connectivity index (χ0) is 13.9. The Hall–Kier alpha value is -2.76. The van der Waals surface area contributed by atoms with Crippen LogP contribution >= 0.6 is 0 Å². The van der Waals surface area contributed by atoms with Gasteiger partial charge in [-0.1, -0.05) is 12.1 Å². The van der Waals surface area contributed by atoms with Gasteiger partial charge in [0.05, 0.1) is 0 Å². The van der Waals surface area contributed by atoms with Crippen molar-refractivity contribution in [3.63, 3.8) is 0 Å². The van der Waals surface area contributed by atoms with Crippen LogP contribution in [0.15, 0.2) is 42.5 Å². The Kier molecular flexibility index (Phi) is 3.12. The molecule has 3 aromatic rings. The van der Waals surface area contributed by atoms with Gasteiger partial charge in [0.2, 0.25) is 0 Å². The standard InChI is InChI=1S/C14H11FN4O/c15-11-4-1-9(2-5-11)8-16-14(20)10-3-6-12-13(7-10)18-19-17-12/h1-7H,8H2,(H,16,20)(H,17,18,19). The van der Waals surface area contributed by atoms with Crippen molar-refractivity contribution < 1.29 is 9.18 Å². The van der Waals surface area contributed by atoms with Gasteiger partial charge in [-0.3, -0.25) is 4.79 Å². The number of benzene rings is 2. The molecule has 2 N–H and O–H groups in total. The second-order valence-corrected chi connectivity index (χ2v) is 4.34. The molecule has 0 saturated heterocycles. The topological polar surface area (TPSA) is 70.7 Å². The molecule has 5 nitrogen and oxygen atoms in total. The summed E-state index contributed by atoms with van der Waals surface area (Å²) in [5.41, 5.74) is 2.69. The molecule has 3 rings (SSSR count). The summed E-state index contributed by atoms with van der Waals surface area (Å²) in [5, 5.41) is 13.1. The van der Waals surface area contributed by atoms with Gasteiger partial charge in [-0.05, 0) is 35.9 Å². The van der Waals surface area contributed by atoms with Crippen molar-refractivity contribution >= 4 is 16.9 Å². The maximum Gasteiger partial charge on any atom is 0.251 e. The van der Waals surface area contributed by atoms with E-state index in [2.05, 4.69) is 20.7 Å². The zero-order valence-electron chi connectivity index (χ0n) is 10.4. The summed E-state index contributed by atoms with van der Waals surface area (Å²) in [6.07, 6.45) is 0. The lowest BCUT2D eigenvalue weighted by atomic mass is 10.1. The van der Waals surface area contributed by atoms with Crippen molar-refractivity contribution in [2.45, 2.75) is 6.54 Å². The average molecular weight is 270 g/mol. The van der Waals surface area contributed by atoms with Gasteiger partial charge in [-0.25, -0.2) is 4.39 Å². The molecule has 0 aliphatic carbocycles. The van der Waals surface area contributed by atoms with Crippen LogP contribution < -0.4 is 5.32 Å². The Morgan fingerprint density at radius 1 is 1.10 bits per heavy atom. The number of carbonyl (C=O) groups is 1. The molecule has 0 spiro atoms. The third-order valence-electron chi connectivity index (χ3n) is 2.94. The number of aromatic nitrogens is 3. The minimum absolute atomic E-state index is 0.209. The number of amides is 1. The Morgan fingerprint density at radius 3 is 2.65 bits per heavy atom. The van der Waals surface area contributed by atoms with Crippen LogP contribution in [-0.4, -0.2) is 21.3 Å². The number of nitrogens with one attached hydrogen (secondary N) is 2. The molecule has 0 aliphatic heterocycles. The number of carbonyl (C=O) groups excluding carboxylic acids is 1. The molecule has 2 aromatic carbocycles. The fourth-order valence-electron chi connectivity index (χ4n) is 1.87. The van der Waals surface area contributed by atoms with E-state index in [0.717, 1.165) is 5.56 Å². The smallest absolute Gasteiger partial charge is 0.251 e. The van der Waals surface area contributed by atoms with Gasteiger partial charge >= 0.3 is 0 Å². The molecule has 0 fully saturated rings. The Morgan fingerprint density at radius 2 is 1.85 bits per heavy atom. The molecule has 6 heteroatoms. The number of hydrogen-bond donors (Lipinski definition) is 2. The predicted molar refractivity (Wildman–Crippen MR) is 71.5 cm³/mol. The normalized spacial score (nSPS) is 10.7. The van der Waals surface area contributed by atoms with Crippen molar-refractivity contribution in [3.8, 4) is 0 Å². The van der Waals surface area contributed by atoms with Crippen LogP contribution in [0.4, 0.5) is 4.39 Å². The Labute approximate surface area is 113 Å². The maximum absolute atomic E-state index is 12.8. The lowest BCUT2D eigenvalue weighted by Crippen LogP contribution is -2.22. The molecule has 0 atom stereocenters. The first-order valence-corrected chi connectivity index (χ1v) is 6.05. The second-order valence-electron chi connectivity index (χ2n) is 4.34. The molecule has 0 bridgehead atoms. The fourth-order valence-corrected chi connectivity index (χ4v) is 1.87. The van der Waals surface area contributed by atoms with Crippen LogP contribution in [0.5, 0.6) is 0 Å². The molecular formula is C14H11FN4O. The Balaban J connectivity index is 1.70. The van der Waals surface area contributed by atoms with Crippen molar-refractivity contribution in [1.29, 1.82) is 0 Å². The monoisotopic (exact) mass is 270 g/mol. The molecule has 0 aliphatic rings. The molecule has 0 unspecified atom stereocenters. The number of rotatable bonds is 3. The first-order chi connectivity index (χ1) is 9.72. The quantitative estimate of drug-likeness (QED) is 0.765. The molecule has 0 radical (unpaired) electrons. The van der Waals surface area contributed by atoms with E-state index >= 15 is 0 Å². The van der Waals surface area contributed by atoms with E-state index < -0.39 is 0 Å². The minimum atomic E-state index is -0.295. The van der Waals surface area contributed by atoms with Gasteiger partial charge in [-0.2, -0.15) is 15.4 Å². The maximum atomic E-state index is 12.8. The van der Waals surface area contributed by atoms with Crippen LogP contribution in [0.2, 0.25) is 0 Å². The highest BCUT2D eigenvalue weighted by molar-refractivity contribution is 5.97. The fraction of sp³-hybridized carbons (Fsp3) is 0.0714. The van der Waals surface area contributed by atoms with E-state index in [0.29, 0.717) is 23.1 Å². The van der Waals surface area contributed by atoms with Crippen LogP contribution in [-0.2, 0) is 6.54 Å². The highest BCUT2D eigenvalue weighted by Crippen LogP contribution is 2.10. The number of aromatic amines is 1. The van der Waals surface area contributed by atoms with Gasteiger partial charge in [-0.15, -0.1) is 0 Å². The van der Waals surface area contributed by atoms with Crippen molar-refractivity contribution in [2.24, 2.45) is 0 Å². The van der Waals surface area contributed by atoms with Crippen LogP contribution in [0.3, 0.4) is 0 Å². The van der Waals surface area contributed by atoms with E-state index in [1.165, 1.54) is 12.1 Å². The molecule has 20 heavy (non-hydrogen) atoms. The van der Waals surface area contributed by atoms with E-state index in [1.54, 1.807) is 30.3 Å². The highest BCUT2D eigenvalue weighted by Gasteiger charge is 2.07. The van der Waals surface area contributed by atoms with Crippen molar-refractivity contribution in [3.05, 3.63) is 59.4 Å². The minimum Gasteiger partial charge on any atom is -0.348 e. The van der Waals surface area contributed by atoms with E-state index in [9.17, 15) is 9.18 Å². The summed E-state index contributed by atoms with van der Waals surface area (Å²) >= 11 is 0. The molecule has 0 saturated carbocycles. The molecule has 100 valence electrons. The van der Waals surface area contributed by atoms with E-state index in [1.807, 2.05) is 0 Å². The van der Waals surface area contributed by atoms with Gasteiger partial charge in [0.25, 0.3) is 5.91 Å². The average Bonchev–Trinajstić information content (AvgIpc) is 2.93. The molecule has 1 amide bonds. The lowest BCUT2D eigenvalue weighted by molar-refractivity contribution is 0.0951. The van der Waals surface area contributed by atoms with Crippen LogP contribution in [0.25, 0.3) is 11.0 Å². The highest BCUT2D eigenvalue weighted by atomic mass is 19.1. The summed E-state index contributed by atoms with van der Waals surface area (Å²) in [7, 11) is 0. The third-order valence-corrected chi connectivity index (χ3v) is 2.94. The zero-order valence-corrected chi connectivity index (χ0v) is 10.4. The van der Waals surface area contributed by atoms with Crippen LogP contribution in [0.1, 0.15) is 15.9 Å². The number of hydrogen-bond acceptors (Lipinski definition) is 3. The van der Waals surface area contributed by atoms with Gasteiger partial charge in [0.15, 0.2) is 0 Å². The summed E-state index contributed by atoms with van der Waals surface area (Å²) in [4.78, 5) is 12.0. The SMILES string of the molecule is O=C(NCc1ccc(F)cc1)c1ccc2n[nH]nc2c1. The number of halogens is 1. The van der Waals surface area contributed by atoms with Crippen LogP contribution in [0, 0.1) is 5.82 Å². The summed E-state index contributed by atoms with van der Waals surface area (Å²) in [5.74, 6) is -0.504. The van der Waals surface area contributed by atoms with Crippen molar-refractivity contribution in [1.82, 2.24) is 20.7 Å². The number of fused-ring (bicyclic) bond motifs is 1. The summed E-state index contributed by atoms with van der Waals surface area (Å²) in [6.45, 7) is 0.343.